The van der Waals surface area contributed by atoms with Gasteiger partial charge in [-0.3, -0.25) is 9.69 Å². The summed E-state index contributed by atoms with van der Waals surface area (Å²) in [7, 11) is -3.48. The van der Waals surface area contributed by atoms with Crippen LogP contribution in [0.15, 0.2) is 29.2 Å². The van der Waals surface area contributed by atoms with Crippen molar-refractivity contribution in [3.8, 4) is 0 Å². The lowest BCUT2D eigenvalue weighted by molar-refractivity contribution is -0.121. The smallest absolute Gasteiger partial charge is 0.243 e. The summed E-state index contributed by atoms with van der Waals surface area (Å²) in [5.41, 5.74) is 0.951. The van der Waals surface area contributed by atoms with Gasteiger partial charge < -0.3 is 10.1 Å². The molecule has 0 atom stereocenters. The fraction of sp³-hybridized carbons (Fsp3) is 0.667. The Morgan fingerprint density at radius 3 is 2.24 bits per heavy atom. The van der Waals surface area contributed by atoms with Crippen LogP contribution in [-0.2, 0) is 26.0 Å². The average molecular weight is 426 g/mol. The summed E-state index contributed by atoms with van der Waals surface area (Å²) in [5.74, 6) is 0.0162. The van der Waals surface area contributed by atoms with Crippen molar-refractivity contribution in [2.45, 2.75) is 57.5 Å². The number of hydrogen-bond acceptors (Lipinski definition) is 5. The van der Waals surface area contributed by atoms with E-state index >= 15 is 0 Å². The summed E-state index contributed by atoms with van der Waals surface area (Å²) in [6, 6.07) is 7.72. The van der Waals surface area contributed by atoms with Crippen LogP contribution in [0.4, 0.5) is 0 Å². The number of ether oxygens (including phenoxy) is 1. The lowest BCUT2D eigenvalue weighted by Gasteiger charge is -2.30. The molecule has 1 aromatic carbocycles. The maximum Gasteiger partial charge on any atom is 0.243 e. The zero-order valence-electron chi connectivity index (χ0n) is 18.1. The van der Waals surface area contributed by atoms with Crippen LogP contribution in [0.1, 0.15) is 39.7 Å². The number of aryl methyl sites for hydroxylation is 1. The molecule has 0 aromatic heterocycles. The van der Waals surface area contributed by atoms with E-state index in [1.807, 2.05) is 0 Å². The Morgan fingerprint density at radius 1 is 1.10 bits per heavy atom. The van der Waals surface area contributed by atoms with Crippen molar-refractivity contribution >= 4 is 15.9 Å². The first-order chi connectivity index (χ1) is 13.7. The van der Waals surface area contributed by atoms with Crippen LogP contribution in [0.25, 0.3) is 0 Å². The molecule has 7 nitrogen and oxygen atoms in total. The van der Waals surface area contributed by atoms with E-state index in [0.29, 0.717) is 57.8 Å². The van der Waals surface area contributed by atoms with Gasteiger partial charge in [0, 0.05) is 44.7 Å². The normalized spacial score (nSPS) is 16.0. The largest absolute Gasteiger partial charge is 0.379 e. The molecular formula is C21H35N3O4S. The zero-order chi connectivity index (χ0) is 21.4. The van der Waals surface area contributed by atoms with Crippen LogP contribution in [0.3, 0.4) is 0 Å². The standard InChI is InChI=1S/C21H35N3O4S/c1-17(2)24(18(3)4)12-11-22-21(25)10-7-19-5-8-20(9-6-19)29(26,27)23-13-15-28-16-14-23/h5-6,8-9,17-18H,7,10-16H2,1-4H3,(H,22,25). The topological polar surface area (TPSA) is 79.0 Å². The Balaban J connectivity index is 1.80. The maximum absolute atomic E-state index is 12.6. The molecule has 0 bridgehead atoms. The average Bonchev–Trinajstić information content (AvgIpc) is 2.70. The van der Waals surface area contributed by atoms with Crippen molar-refractivity contribution in [2.75, 3.05) is 39.4 Å². The number of benzene rings is 1. The predicted octanol–water partition coefficient (Wildman–Crippen LogP) is 1.88. The Bertz CT molecular complexity index is 734. The summed E-state index contributed by atoms with van der Waals surface area (Å²) in [6.07, 6.45) is 0.973. The van der Waals surface area contributed by atoms with Crippen LogP contribution >= 0.6 is 0 Å². The molecule has 1 aromatic rings. The molecule has 8 heteroatoms. The molecule has 2 rings (SSSR count). The highest BCUT2D eigenvalue weighted by atomic mass is 32.2. The molecule has 1 aliphatic rings. The number of nitrogens with one attached hydrogen (secondary N) is 1. The van der Waals surface area contributed by atoms with Crippen LogP contribution in [-0.4, -0.2) is 75.0 Å². The summed E-state index contributed by atoms with van der Waals surface area (Å²) in [4.78, 5) is 14.8. The molecule has 1 N–H and O–H groups in total. The van der Waals surface area contributed by atoms with Crippen molar-refractivity contribution < 1.29 is 17.9 Å². The van der Waals surface area contributed by atoms with Gasteiger partial charge in [0.05, 0.1) is 18.1 Å². The van der Waals surface area contributed by atoms with E-state index in [9.17, 15) is 13.2 Å². The van der Waals surface area contributed by atoms with Crippen molar-refractivity contribution in [1.82, 2.24) is 14.5 Å². The van der Waals surface area contributed by atoms with E-state index in [0.717, 1.165) is 12.1 Å². The quantitative estimate of drug-likeness (QED) is 0.619. The predicted molar refractivity (Wildman–Crippen MR) is 114 cm³/mol. The van der Waals surface area contributed by atoms with Gasteiger partial charge in [-0.1, -0.05) is 12.1 Å². The third-order valence-electron chi connectivity index (χ3n) is 5.19. The van der Waals surface area contributed by atoms with Crippen molar-refractivity contribution in [3.05, 3.63) is 29.8 Å². The number of morpholine rings is 1. The molecule has 1 amide bonds. The van der Waals surface area contributed by atoms with Crippen LogP contribution in [0.2, 0.25) is 0 Å². The van der Waals surface area contributed by atoms with Gasteiger partial charge in [-0.05, 0) is 51.8 Å². The van der Waals surface area contributed by atoms with Gasteiger partial charge in [-0.2, -0.15) is 4.31 Å². The third kappa shape index (κ3) is 7.06. The summed E-state index contributed by atoms with van der Waals surface area (Å²) < 4.78 is 31.9. The van der Waals surface area contributed by atoms with Crippen molar-refractivity contribution in [1.29, 1.82) is 0 Å². The van der Waals surface area contributed by atoms with Gasteiger partial charge in [0.1, 0.15) is 0 Å². The highest BCUT2D eigenvalue weighted by molar-refractivity contribution is 7.89. The minimum absolute atomic E-state index is 0.0162. The number of nitrogens with zero attached hydrogens (tertiary/aromatic N) is 2. The lowest BCUT2D eigenvalue weighted by Crippen LogP contribution is -2.42. The number of carbonyl (C=O) groups excluding carboxylic acids is 1. The lowest BCUT2D eigenvalue weighted by atomic mass is 10.1. The number of carbonyl (C=O) groups is 1. The fourth-order valence-electron chi connectivity index (χ4n) is 3.55. The van der Waals surface area contributed by atoms with Gasteiger partial charge in [-0.15, -0.1) is 0 Å². The molecule has 1 aliphatic heterocycles. The highest BCUT2D eigenvalue weighted by Gasteiger charge is 2.26. The molecule has 29 heavy (non-hydrogen) atoms. The molecule has 1 saturated heterocycles. The van der Waals surface area contributed by atoms with Gasteiger partial charge in [-0.25, -0.2) is 8.42 Å². The molecular weight excluding hydrogens is 390 g/mol. The second kappa shape index (κ2) is 11.1. The minimum atomic E-state index is -3.48. The first-order valence-corrected chi connectivity index (χ1v) is 11.8. The van der Waals surface area contributed by atoms with Crippen molar-refractivity contribution in [2.24, 2.45) is 0 Å². The zero-order valence-corrected chi connectivity index (χ0v) is 18.9. The summed E-state index contributed by atoms with van der Waals surface area (Å²) in [6.45, 7) is 11.7. The summed E-state index contributed by atoms with van der Waals surface area (Å²) in [5, 5.41) is 2.98. The van der Waals surface area contributed by atoms with E-state index < -0.39 is 10.0 Å². The third-order valence-corrected chi connectivity index (χ3v) is 7.10. The number of amides is 1. The van der Waals surface area contributed by atoms with Gasteiger partial charge >= 0.3 is 0 Å². The molecule has 0 saturated carbocycles. The Labute approximate surface area is 175 Å². The van der Waals surface area contributed by atoms with E-state index in [1.54, 1.807) is 24.3 Å². The number of rotatable bonds is 10. The molecule has 0 radical (unpaired) electrons. The van der Waals surface area contributed by atoms with Gasteiger partial charge in [0.15, 0.2) is 0 Å². The second-order valence-electron chi connectivity index (χ2n) is 7.94. The second-order valence-corrected chi connectivity index (χ2v) is 9.87. The highest BCUT2D eigenvalue weighted by Crippen LogP contribution is 2.18. The SMILES string of the molecule is CC(C)N(CCNC(=O)CCc1ccc(S(=O)(=O)N2CCOCC2)cc1)C(C)C. The maximum atomic E-state index is 12.6. The van der Waals surface area contributed by atoms with E-state index in [-0.39, 0.29) is 10.8 Å². The first kappa shape index (κ1) is 23.8. The van der Waals surface area contributed by atoms with E-state index in [1.165, 1.54) is 4.31 Å². The molecule has 0 aliphatic carbocycles. The first-order valence-electron chi connectivity index (χ1n) is 10.4. The fourth-order valence-corrected chi connectivity index (χ4v) is 4.96. The molecule has 164 valence electrons. The Kier molecular flexibility index (Phi) is 9.07. The Hall–Kier alpha value is -1.48. The molecule has 1 heterocycles. The monoisotopic (exact) mass is 425 g/mol. The van der Waals surface area contributed by atoms with Crippen LogP contribution in [0.5, 0.6) is 0 Å². The van der Waals surface area contributed by atoms with E-state index in [4.69, 9.17) is 4.74 Å². The molecule has 1 fully saturated rings. The van der Waals surface area contributed by atoms with Crippen LogP contribution in [0, 0.1) is 0 Å². The number of sulfonamides is 1. The Morgan fingerprint density at radius 2 is 1.69 bits per heavy atom. The summed E-state index contributed by atoms with van der Waals surface area (Å²) >= 11 is 0. The molecule has 0 spiro atoms. The van der Waals surface area contributed by atoms with Crippen LogP contribution < -0.4 is 5.32 Å². The van der Waals surface area contributed by atoms with Gasteiger partial charge in [0.2, 0.25) is 15.9 Å². The van der Waals surface area contributed by atoms with Gasteiger partial charge in [0.25, 0.3) is 0 Å². The minimum Gasteiger partial charge on any atom is -0.379 e. The molecule has 0 unspecified atom stereocenters. The van der Waals surface area contributed by atoms with Crippen molar-refractivity contribution in [3.63, 3.8) is 0 Å². The van der Waals surface area contributed by atoms with E-state index in [2.05, 4.69) is 37.9 Å². The number of hydrogen-bond donors (Lipinski definition) is 1.